The maximum atomic E-state index is 10.9. The number of carboxylic acids is 1. The molecule has 7 nitrogen and oxygen atoms in total. The molecule has 0 bridgehead atoms. The van der Waals surface area contributed by atoms with Crippen LogP contribution in [-0.2, 0) is 22.7 Å². The second-order valence-corrected chi connectivity index (χ2v) is 4.18. The molecular weight excluding hydrogens is 252 g/mol. The van der Waals surface area contributed by atoms with Crippen LogP contribution >= 0.6 is 0 Å². The summed E-state index contributed by atoms with van der Waals surface area (Å²) in [7, 11) is 0. The van der Waals surface area contributed by atoms with E-state index in [2.05, 4.69) is 5.32 Å². The number of rotatable bonds is 6. The number of carboxylic acid groups (broad SMARTS) is 1. The van der Waals surface area contributed by atoms with Crippen LogP contribution in [0.3, 0.4) is 0 Å². The molecule has 0 spiro atoms. The van der Waals surface area contributed by atoms with Crippen LogP contribution in [0.2, 0.25) is 0 Å². The summed E-state index contributed by atoms with van der Waals surface area (Å²) in [6, 6.07) is 0.434. The van der Waals surface area contributed by atoms with Gasteiger partial charge in [-0.15, -0.1) is 0 Å². The van der Waals surface area contributed by atoms with Crippen LogP contribution in [0.15, 0.2) is 18.5 Å². The SMILES string of the molecule is CC(=O)NC(CC[n+]1cc(O)cc(CO)c1)C(=O)O. The molecule has 7 heteroatoms. The third kappa shape index (κ3) is 4.92. The number of amides is 1. The normalized spacial score (nSPS) is 11.9. The largest absolute Gasteiger partial charge is 0.503 e. The molecule has 104 valence electrons. The first kappa shape index (κ1) is 14.9. The highest BCUT2D eigenvalue weighted by atomic mass is 16.4. The first-order valence-corrected chi connectivity index (χ1v) is 5.75. The Morgan fingerprint density at radius 1 is 1.42 bits per heavy atom. The summed E-state index contributed by atoms with van der Waals surface area (Å²) in [5.41, 5.74) is 0.520. The Bertz CT molecular complexity index is 475. The standard InChI is InChI=1S/C12H16N2O5/c1-8(16)13-11(12(18)19)2-3-14-5-9(7-15)4-10(17)6-14/h4-6,11,15H,2-3,7H2,1H3,(H2-,13,16,17,18,19)/p+1. The van der Waals surface area contributed by atoms with Crippen LogP contribution in [0.1, 0.15) is 18.9 Å². The van der Waals surface area contributed by atoms with Crippen LogP contribution in [0.4, 0.5) is 0 Å². The molecule has 0 fully saturated rings. The van der Waals surface area contributed by atoms with E-state index in [1.165, 1.54) is 19.2 Å². The van der Waals surface area contributed by atoms with Crippen molar-refractivity contribution in [2.75, 3.05) is 0 Å². The second-order valence-electron chi connectivity index (χ2n) is 4.18. The average Bonchev–Trinajstić information content (AvgIpc) is 2.33. The number of aliphatic carboxylic acids is 1. The number of pyridine rings is 1. The van der Waals surface area contributed by atoms with Gasteiger partial charge in [0.15, 0.2) is 18.5 Å². The fourth-order valence-electron chi connectivity index (χ4n) is 1.68. The van der Waals surface area contributed by atoms with Gasteiger partial charge in [0, 0.05) is 18.9 Å². The molecule has 1 atom stereocenters. The molecule has 19 heavy (non-hydrogen) atoms. The van der Waals surface area contributed by atoms with Gasteiger partial charge in [0.05, 0.1) is 6.61 Å². The van der Waals surface area contributed by atoms with Crippen molar-refractivity contribution in [1.29, 1.82) is 0 Å². The van der Waals surface area contributed by atoms with Gasteiger partial charge in [0.25, 0.3) is 0 Å². The molecule has 0 saturated carbocycles. The van der Waals surface area contributed by atoms with Gasteiger partial charge in [0.2, 0.25) is 12.1 Å². The smallest absolute Gasteiger partial charge is 0.326 e. The van der Waals surface area contributed by atoms with Gasteiger partial charge in [-0.05, 0) is 6.07 Å². The number of nitrogens with zero attached hydrogens (tertiary/aromatic N) is 1. The summed E-state index contributed by atoms with van der Waals surface area (Å²) in [5.74, 6) is -1.54. The van der Waals surface area contributed by atoms with Crippen LogP contribution in [-0.4, -0.2) is 33.2 Å². The average molecular weight is 269 g/mol. The number of aliphatic hydroxyl groups excluding tert-OH is 1. The summed E-state index contributed by atoms with van der Waals surface area (Å²) >= 11 is 0. The van der Waals surface area contributed by atoms with Crippen molar-refractivity contribution < 1.29 is 29.5 Å². The first-order chi connectivity index (χ1) is 8.92. The van der Waals surface area contributed by atoms with Crippen molar-refractivity contribution in [1.82, 2.24) is 5.32 Å². The monoisotopic (exact) mass is 269 g/mol. The Morgan fingerprint density at radius 2 is 2.11 bits per heavy atom. The fourth-order valence-corrected chi connectivity index (χ4v) is 1.68. The number of aliphatic hydroxyl groups is 1. The van der Waals surface area contributed by atoms with Gasteiger partial charge in [-0.3, -0.25) is 4.79 Å². The van der Waals surface area contributed by atoms with Crippen molar-refractivity contribution in [2.45, 2.75) is 32.5 Å². The van der Waals surface area contributed by atoms with Crippen molar-refractivity contribution in [3.63, 3.8) is 0 Å². The van der Waals surface area contributed by atoms with E-state index < -0.39 is 17.9 Å². The molecule has 0 aliphatic rings. The van der Waals surface area contributed by atoms with Gasteiger partial charge in [-0.25, -0.2) is 9.36 Å². The minimum atomic E-state index is -1.11. The highest BCUT2D eigenvalue weighted by molar-refractivity contribution is 5.81. The van der Waals surface area contributed by atoms with Crippen molar-refractivity contribution in [2.24, 2.45) is 0 Å². The first-order valence-electron chi connectivity index (χ1n) is 5.75. The third-order valence-electron chi connectivity index (χ3n) is 2.50. The number of aromatic nitrogens is 1. The Hall–Kier alpha value is -2.15. The maximum Gasteiger partial charge on any atom is 0.326 e. The van der Waals surface area contributed by atoms with Gasteiger partial charge in [0.1, 0.15) is 6.04 Å². The zero-order chi connectivity index (χ0) is 14.4. The molecule has 1 unspecified atom stereocenters. The van der Waals surface area contributed by atoms with Crippen LogP contribution in [0, 0.1) is 0 Å². The second kappa shape index (κ2) is 6.69. The molecule has 0 saturated heterocycles. The molecule has 1 aromatic rings. The Balaban J connectivity index is 2.71. The van der Waals surface area contributed by atoms with E-state index >= 15 is 0 Å². The Morgan fingerprint density at radius 3 is 2.63 bits per heavy atom. The van der Waals surface area contributed by atoms with E-state index in [1.54, 1.807) is 10.8 Å². The van der Waals surface area contributed by atoms with Crippen molar-refractivity contribution in [3.05, 3.63) is 24.0 Å². The minimum Gasteiger partial charge on any atom is -0.503 e. The van der Waals surface area contributed by atoms with E-state index in [4.69, 9.17) is 10.2 Å². The van der Waals surface area contributed by atoms with E-state index in [1.807, 2.05) is 0 Å². The predicted molar refractivity (Wildman–Crippen MR) is 64.1 cm³/mol. The highest BCUT2D eigenvalue weighted by Crippen LogP contribution is 2.07. The number of carbonyl (C=O) groups is 2. The molecule has 0 radical (unpaired) electrons. The number of aryl methyl sites for hydroxylation is 1. The number of nitrogens with one attached hydrogen (secondary N) is 1. The lowest BCUT2D eigenvalue weighted by Gasteiger charge is -2.11. The quantitative estimate of drug-likeness (QED) is 0.503. The third-order valence-corrected chi connectivity index (χ3v) is 2.50. The summed E-state index contributed by atoms with van der Waals surface area (Å²) in [5, 5.41) is 29.7. The lowest BCUT2D eigenvalue weighted by atomic mass is 10.2. The zero-order valence-corrected chi connectivity index (χ0v) is 10.5. The number of hydrogen-bond donors (Lipinski definition) is 4. The van der Waals surface area contributed by atoms with E-state index in [9.17, 15) is 14.7 Å². The van der Waals surface area contributed by atoms with E-state index in [-0.39, 0.29) is 18.8 Å². The molecular formula is C12H17N2O5+. The zero-order valence-electron chi connectivity index (χ0n) is 10.5. The summed E-state index contributed by atoms with van der Waals surface area (Å²) in [6.45, 7) is 1.32. The molecule has 1 heterocycles. The Labute approximate surface area is 110 Å². The summed E-state index contributed by atoms with van der Waals surface area (Å²) in [4.78, 5) is 21.8. The number of aromatic hydroxyl groups is 1. The summed E-state index contributed by atoms with van der Waals surface area (Å²) < 4.78 is 1.57. The number of carbonyl (C=O) groups excluding carboxylic acids is 1. The number of hydrogen-bond acceptors (Lipinski definition) is 4. The van der Waals surface area contributed by atoms with E-state index in [0.29, 0.717) is 12.1 Å². The summed E-state index contributed by atoms with van der Waals surface area (Å²) in [6.07, 6.45) is 3.20. The maximum absolute atomic E-state index is 10.9. The lowest BCUT2D eigenvalue weighted by Crippen LogP contribution is -2.44. The molecule has 0 aliphatic heterocycles. The van der Waals surface area contributed by atoms with Crippen LogP contribution < -0.4 is 9.88 Å². The predicted octanol–water partition coefficient (Wildman–Crippen LogP) is -0.849. The molecule has 0 aliphatic carbocycles. The van der Waals surface area contributed by atoms with Gasteiger partial charge < -0.3 is 20.6 Å². The molecule has 0 aromatic carbocycles. The van der Waals surface area contributed by atoms with Crippen molar-refractivity contribution in [3.8, 4) is 5.75 Å². The highest BCUT2D eigenvalue weighted by Gasteiger charge is 2.20. The van der Waals surface area contributed by atoms with Crippen LogP contribution in [0.5, 0.6) is 5.75 Å². The molecule has 4 N–H and O–H groups in total. The van der Waals surface area contributed by atoms with E-state index in [0.717, 1.165) is 0 Å². The van der Waals surface area contributed by atoms with Gasteiger partial charge in [-0.2, -0.15) is 0 Å². The molecule has 1 aromatic heterocycles. The molecule has 1 rings (SSSR count). The topological polar surface area (TPSA) is 111 Å². The van der Waals surface area contributed by atoms with Gasteiger partial charge in [-0.1, -0.05) is 0 Å². The molecule has 1 amide bonds. The van der Waals surface area contributed by atoms with Gasteiger partial charge >= 0.3 is 5.97 Å². The van der Waals surface area contributed by atoms with Crippen LogP contribution in [0.25, 0.3) is 0 Å². The lowest BCUT2D eigenvalue weighted by molar-refractivity contribution is -0.698. The fraction of sp³-hybridized carbons (Fsp3) is 0.417. The Kier molecular flexibility index (Phi) is 5.25. The van der Waals surface area contributed by atoms with Crippen molar-refractivity contribution >= 4 is 11.9 Å². The minimum absolute atomic E-state index is 0.0158.